The van der Waals surface area contributed by atoms with Gasteiger partial charge in [-0.1, -0.05) is 41.9 Å². The molecule has 0 saturated carbocycles. The van der Waals surface area contributed by atoms with Crippen molar-refractivity contribution < 1.29 is 19.1 Å². The number of carbonyl (C=O) groups is 3. The second kappa shape index (κ2) is 9.95. The minimum Gasteiger partial charge on any atom is -0.493 e. The van der Waals surface area contributed by atoms with Gasteiger partial charge in [0.25, 0.3) is 11.1 Å². The molecular formula is C22H21BrN2O4S. The van der Waals surface area contributed by atoms with Gasteiger partial charge in [0.2, 0.25) is 5.91 Å². The second-order valence-corrected chi connectivity index (χ2v) is 9.01. The number of nitrogens with zero attached hydrogens (tertiary/aromatic N) is 1. The summed E-state index contributed by atoms with van der Waals surface area (Å²) >= 11 is 4.15. The van der Waals surface area contributed by atoms with Gasteiger partial charge in [0.15, 0.2) is 0 Å². The first-order valence-electron chi connectivity index (χ1n) is 9.35. The average Bonchev–Trinajstić information content (AvgIpc) is 2.96. The summed E-state index contributed by atoms with van der Waals surface area (Å²) < 4.78 is 6.53. The summed E-state index contributed by atoms with van der Waals surface area (Å²) in [6.45, 7) is 4.44. The summed E-state index contributed by atoms with van der Waals surface area (Å²) in [4.78, 5) is 38.3. The second-order valence-electron chi connectivity index (χ2n) is 7.10. The molecule has 1 heterocycles. The molecule has 156 valence electrons. The number of amides is 3. The molecule has 1 saturated heterocycles. The molecule has 0 atom stereocenters. The van der Waals surface area contributed by atoms with Crippen molar-refractivity contribution in [2.24, 2.45) is 5.92 Å². The molecule has 1 N–H and O–H groups in total. The number of hydrogen-bond acceptors (Lipinski definition) is 5. The van der Waals surface area contributed by atoms with Crippen LogP contribution < -0.4 is 10.1 Å². The SMILES string of the molecule is CC(C)COc1ccc(/C=C2\SC(=O)N(CC(=O)Nc3ccc(Br)cc3)C2=O)cc1. The van der Waals surface area contributed by atoms with Crippen LogP contribution >= 0.6 is 27.7 Å². The number of anilines is 1. The summed E-state index contributed by atoms with van der Waals surface area (Å²) in [6.07, 6.45) is 1.64. The minimum atomic E-state index is -0.476. The molecule has 1 aliphatic rings. The molecule has 2 aromatic carbocycles. The first-order valence-corrected chi connectivity index (χ1v) is 11.0. The molecule has 0 aromatic heterocycles. The highest BCUT2D eigenvalue weighted by atomic mass is 79.9. The zero-order valence-corrected chi connectivity index (χ0v) is 19.0. The highest BCUT2D eigenvalue weighted by Gasteiger charge is 2.36. The number of thioether (sulfide) groups is 1. The molecule has 8 heteroatoms. The molecule has 0 bridgehead atoms. The van der Waals surface area contributed by atoms with Gasteiger partial charge < -0.3 is 10.1 Å². The zero-order chi connectivity index (χ0) is 21.7. The molecule has 0 unspecified atom stereocenters. The third-order valence-corrected chi connectivity index (χ3v) is 5.50. The Morgan fingerprint density at radius 1 is 1.13 bits per heavy atom. The summed E-state index contributed by atoms with van der Waals surface area (Å²) in [5, 5.41) is 2.22. The van der Waals surface area contributed by atoms with Gasteiger partial charge in [0.05, 0.1) is 11.5 Å². The van der Waals surface area contributed by atoms with Crippen molar-refractivity contribution in [1.29, 1.82) is 0 Å². The van der Waals surface area contributed by atoms with Crippen molar-refractivity contribution in [3.63, 3.8) is 0 Å². The minimum absolute atomic E-state index is 0.285. The molecule has 3 rings (SSSR count). The summed E-state index contributed by atoms with van der Waals surface area (Å²) in [5.74, 6) is 0.263. The van der Waals surface area contributed by atoms with Crippen LogP contribution in [-0.4, -0.2) is 35.1 Å². The van der Waals surface area contributed by atoms with E-state index in [1.165, 1.54) is 0 Å². The van der Waals surface area contributed by atoms with Gasteiger partial charge >= 0.3 is 0 Å². The molecule has 0 radical (unpaired) electrons. The Balaban J connectivity index is 1.62. The fraction of sp³-hybridized carbons (Fsp3) is 0.227. The quantitative estimate of drug-likeness (QED) is 0.544. The van der Waals surface area contributed by atoms with E-state index in [0.717, 1.165) is 32.4 Å². The number of benzene rings is 2. The number of hydrogen-bond donors (Lipinski definition) is 1. The van der Waals surface area contributed by atoms with Crippen molar-refractivity contribution in [2.75, 3.05) is 18.5 Å². The van der Waals surface area contributed by atoms with Crippen LogP contribution in [0.1, 0.15) is 19.4 Å². The van der Waals surface area contributed by atoms with Crippen LogP contribution in [0.5, 0.6) is 5.75 Å². The number of imide groups is 1. The summed E-state index contributed by atoms with van der Waals surface area (Å²) in [5.41, 5.74) is 1.36. The fourth-order valence-corrected chi connectivity index (χ4v) is 3.69. The van der Waals surface area contributed by atoms with Crippen LogP contribution in [0.15, 0.2) is 57.9 Å². The van der Waals surface area contributed by atoms with Crippen LogP contribution in [0.25, 0.3) is 6.08 Å². The highest BCUT2D eigenvalue weighted by molar-refractivity contribution is 9.10. The van der Waals surface area contributed by atoms with E-state index in [1.807, 2.05) is 24.3 Å². The third kappa shape index (κ3) is 5.96. The standard InChI is InChI=1S/C22H21BrN2O4S/c1-14(2)13-29-18-9-3-15(4-10-18)11-19-21(27)25(22(28)30-19)12-20(26)24-17-7-5-16(23)6-8-17/h3-11,14H,12-13H2,1-2H3,(H,24,26)/b19-11-. The van der Waals surface area contributed by atoms with E-state index < -0.39 is 17.1 Å². The Morgan fingerprint density at radius 3 is 2.43 bits per heavy atom. The predicted molar refractivity (Wildman–Crippen MR) is 122 cm³/mol. The maximum absolute atomic E-state index is 12.6. The van der Waals surface area contributed by atoms with E-state index in [2.05, 4.69) is 35.1 Å². The van der Waals surface area contributed by atoms with Crippen molar-refractivity contribution in [1.82, 2.24) is 4.90 Å². The lowest BCUT2D eigenvalue weighted by molar-refractivity contribution is -0.127. The molecule has 2 aromatic rings. The molecule has 3 amide bonds. The van der Waals surface area contributed by atoms with E-state index >= 15 is 0 Å². The fourth-order valence-electron chi connectivity index (χ4n) is 2.59. The largest absolute Gasteiger partial charge is 0.493 e. The van der Waals surface area contributed by atoms with Crippen molar-refractivity contribution >= 4 is 56.5 Å². The van der Waals surface area contributed by atoms with Crippen LogP contribution in [0.2, 0.25) is 0 Å². The topological polar surface area (TPSA) is 75.7 Å². The Labute approximate surface area is 187 Å². The van der Waals surface area contributed by atoms with Gasteiger partial charge in [0.1, 0.15) is 12.3 Å². The van der Waals surface area contributed by atoms with Gasteiger partial charge in [-0.15, -0.1) is 0 Å². The Bertz CT molecular complexity index is 972. The van der Waals surface area contributed by atoms with E-state index in [4.69, 9.17) is 4.74 Å². The maximum Gasteiger partial charge on any atom is 0.294 e. The van der Waals surface area contributed by atoms with Crippen molar-refractivity contribution in [3.8, 4) is 5.75 Å². The normalized spacial score (nSPS) is 15.2. The van der Waals surface area contributed by atoms with Gasteiger partial charge in [0, 0.05) is 10.2 Å². The van der Waals surface area contributed by atoms with Gasteiger partial charge in [-0.3, -0.25) is 19.3 Å². The molecule has 0 aliphatic carbocycles. The van der Waals surface area contributed by atoms with Gasteiger partial charge in [-0.25, -0.2) is 0 Å². The van der Waals surface area contributed by atoms with E-state index in [9.17, 15) is 14.4 Å². The van der Waals surface area contributed by atoms with Crippen LogP contribution in [0.3, 0.4) is 0 Å². The number of carbonyl (C=O) groups excluding carboxylic acids is 3. The molecule has 0 spiro atoms. The Hall–Kier alpha value is -2.58. The maximum atomic E-state index is 12.6. The monoisotopic (exact) mass is 488 g/mol. The van der Waals surface area contributed by atoms with E-state index in [0.29, 0.717) is 18.2 Å². The molecule has 1 aliphatic heterocycles. The van der Waals surface area contributed by atoms with Crippen LogP contribution in [0, 0.1) is 5.92 Å². The smallest absolute Gasteiger partial charge is 0.294 e. The summed E-state index contributed by atoms with van der Waals surface area (Å²) in [7, 11) is 0. The lowest BCUT2D eigenvalue weighted by atomic mass is 10.2. The van der Waals surface area contributed by atoms with Crippen LogP contribution in [-0.2, 0) is 9.59 Å². The molecular weight excluding hydrogens is 468 g/mol. The average molecular weight is 489 g/mol. The number of halogens is 1. The lowest BCUT2D eigenvalue weighted by Gasteiger charge is -2.12. The first-order chi connectivity index (χ1) is 14.3. The molecule has 6 nitrogen and oxygen atoms in total. The highest BCUT2D eigenvalue weighted by Crippen LogP contribution is 2.32. The van der Waals surface area contributed by atoms with E-state index in [-0.39, 0.29) is 11.4 Å². The predicted octanol–water partition coefficient (Wildman–Crippen LogP) is 5.16. The number of ether oxygens (including phenoxy) is 1. The summed E-state index contributed by atoms with van der Waals surface area (Å²) in [6, 6.07) is 14.3. The Kier molecular flexibility index (Phi) is 7.33. The first kappa shape index (κ1) is 22.1. The molecule has 30 heavy (non-hydrogen) atoms. The van der Waals surface area contributed by atoms with Crippen molar-refractivity contribution in [2.45, 2.75) is 13.8 Å². The zero-order valence-electron chi connectivity index (χ0n) is 16.6. The molecule has 1 fully saturated rings. The van der Waals surface area contributed by atoms with Gasteiger partial charge in [-0.2, -0.15) is 0 Å². The third-order valence-electron chi connectivity index (χ3n) is 4.06. The van der Waals surface area contributed by atoms with E-state index in [1.54, 1.807) is 30.3 Å². The Morgan fingerprint density at radius 2 is 1.80 bits per heavy atom. The number of nitrogens with one attached hydrogen (secondary N) is 1. The van der Waals surface area contributed by atoms with Crippen LogP contribution in [0.4, 0.5) is 10.5 Å². The number of rotatable bonds is 7. The van der Waals surface area contributed by atoms with Gasteiger partial charge in [-0.05, 0) is 65.7 Å². The van der Waals surface area contributed by atoms with Crippen molar-refractivity contribution in [3.05, 3.63) is 63.5 Å². The lowest BCUT2D eigenvalue weighted by Crippen LogP contribution is -2.36.